The van der Waals surface area contributed by atoms with Crippen LogP contribution < -0.4 is 4.74 Å². The summed E-state index contributed by atoms with van der Waals surface area (Å²) in [6.45, 7) is 1.86. The molecule has 0 bridgehead atoms. The maximum absolute atomic E-state index is 12.8. The van der Waals surface area contributed by atoms with Crippen LogP contribution in [-0.2, 0) is 24.0 Å². The first-order valence-electron chi connectivity index (χ1n) is 10.8. The lowest BCUT2D eigenvalue weighted by Gasteiger charge is -2.06. The van der Waals surface area contributed by atoms with Crippen LogP contribution >= 0.6 is 0 Å². The second-order valence-corrected chi connectivity index (χ2v) is 8.01. The lowest BCUT2D eigenvalue weighted by atomic mass is 10.1. The number of ether oxygens (including phenoxy) is 1. The molecule has 0 unspecified atom stereocenters. The fourth-order valence-corrected chi connectivity index (χ4v) is 3.68. The van der Waals surface area contributed by atoms with Crippen LogP contribution in [0.4, 0.5) is 13.2 Å². The molecule has 0 amide bonds. The first-order chi connectivity index (χ1) is 16.2. The number of rotatable bonds is 9. The Morgan fingerprint density at radius 3 is 2.62 bits per heavy atom. The van der Waals surface area contributed by atoms with Gasteiger partial charge in [0.1, 0.15) is 23.8 Å². The summed E-state index contributed by atoms with van der Waals surface area (Å²) in [5.41, 5.74) is 2.32. The number of aromatic amines is 1. The van der Waals surface area contributed by atoms with Gasteiger partial charge >= 0.3 is 12.1 Å². The van der Waals surface area contributed by atoms with Crippen LogP contribution in [-0.4, -0.2) is 21.0 Å². The van der Waals surface area contributed by atoms with Crippen LogP contribution in [0.3, 0.4) is 0 Å². The van der Waals surface area contributed by atoms with Crippen LogP contribution in [0.15, 0.2) is 53.1 Å². The van der Waals surface area contributed by atoms with E-state index in [0.717, 1.165) is 41.4 Å². The average molecular weight is 472 g/mol. The molecule has 0 spiro atoms. The number of fused-ring (bicyclic) bond motifs is 1. The van der Waals surface area contributed by atoms with Gasteiger partial charge in [-0.1, -0.05) is 0 Å². The van der Waals surface area contributed by atoms with Crippen molar-refractivity contribution < 1.29 is 32.2 Å². The van der Waals surface area contributed by atoms with E-state index in [1.807, 2.05) is 24.4 Å². The zero-order valence-corrected chi connectivity index (χ0v) is 18.4. The summed E-state index contributed by atoms with van der Waals surface area (Å²) in [5, 5.41) is 9.79. The number of aromatic nitrogens is 2. The average Bonchev–Trinajstić information content (AvgIpc) is 3.37. The summed E-state index contributed by atoms with van der Waals surface area (Å²) in [6, 6.07) is 10.3. The number of benzene rings is 2. The first kappa shape index (κ1) is 23.4. The molecule has 2 aromatic heterocycles. The molecule has 0 atom stereocenters. The van der Waals surface area contributed by atoms with Gasteiger partial charge < -0.3 is 19.2 Å². The first-order valence-corrected chi connectivity index (χ1v) is 10.8. The minimum Gasteiger partial charge on any atom is -0.487 e. The standard InChI is InChI=1S/C25H23F3N2O4/c1-15-22(30-24(34-15)16-6-8-18(9-7-16)25(26,27)28)14-33-19-10-11-21-20(12-19)17(13-29-21)4-2-3-5-23(31)32/h6-13,29H,2-5,14H2,1H3,(H,31,32). The fourth-order valence-electron chi connectivity index (χ4n) is 3.68. The molecule has 6 nitrogen and oxygen atoms in total. The molecule has 4 rings (SSSR count). The number of oxazole rings is 1. The number of hydrogen-bond acceptors (Lipinski definition) is 4. The van der Waals surface area contributed by atoms with Crippen molar-refractivity contribution in [1.82, 2.24) is 9.97 Å². The summed E-state index contributed by atoms with van der Waals surface area (Å²) in [6.07, 6.45) is -0.172. The van der Waals surface area contributed by atoms with Gasteiger partial charge in [-0.05, 0) is 74.2 Å². The predicted molar refractivity (Wildman–Crippen MR) is 119 cm³/mol. The number of aryl methyl sites for hydroxylation is 2. The number of hydrogen-bond donors (Lipinski definition) is 2. The molecular formula is C25H23F3N2O4. The van der Waals surface area contributed by atoms with Gasteiger partial charge in [0.15, 0.2) is 0 Å². The third-order valence-electron chi connectivity index (χ3n) is 5.55. The van der Waals surface area contributed by atoms with Gasteiger partial charge in [-0.2, -0.15) is 13.2 Å². The number of halogens is 3. The van der Waals surface area contributed by atoms with Crippen LogP contribution in [0.5, 0.6) is 5.75 Å². The Morgan fingerprint density at radius 2 is 1.91 bits per heavy atom. The Morgan fingerprint density at radius 1 is 1.15 bits per heavy atom. The molecule has 2 N–H and O–H groups in total. The van der Waals surface area contributed by atoms with E-state index < -0.39 is 17.7 Å². The van der Waals surface area contributed by atoms with Crippen LogP contribution in [0, 0.1) is 6.92 Å². The van der Waals surface area contributed by atoms with E-state index in [4.69, 9.17) is 14.3 Å². The number of H-pyrrole nitrogens is 1. The lowest BCUT2D eigenvalue weighted by molar-refractivity contribution is -0.138. The number of aliphatic carboxylic acids is 1. The van der Waals surface area contributed by atoms with Gasteiger partial charge in [-0.15, -0.1) is 0 Å². The van der Waals surface area contributed by atoms with Crippen molar-refractivity contribution in [2.75, 3.05) is 0 Å². The summed E-state index contributed by atoms with van der Waals surface area (Å²) in [7, 11) is 0. The van der Waals surface area contributed by atoms with E-state index in [1.54, 1.807) is 6.92 Å². The highest BCUT2D eigenvalue weighted by Gasteiger charge is 2.30. The summed E-state index contributed by atoms with van der Waals surface area (Å²) in [4.78, 5) is 18.3. The molecule has 0 aliphatic heterocycles. The molecule has 0 fully saturated rings. The summed E-state index contributed by atoms with van der Waals surface area (Å²) < 4.78 is 49.9. The highest BCUT2D eigenvalue weighted by Crippen LogP contribution is 2.31. The number of alkyl halides is 3. The minimum atomic E-state index is -4.40. The quantitative estimate of drug-likeness (QED) is 0.271. The van der Waals surface area contributed by atoms with Gasteiger partial charge in [-0.25, -0.2) is 4.98 Å². The zero-order valence-electron chi connectivity index (χ0n) is 18.4. The van der Waals surface area contributed by atoms with Gasteiger partial charge in [0.05, 0.1) is 5.56 Å². The third kappa shape index (κ3) is 5.41. The normalized spacial score (nSPS) is 11.8. The monoisotopic (exact) mass is 472 g/mol. The highest BCUT2D eigenvalue weighted by atomic mass is 19.4. The molecule has 34 heavy (non-hydrogen) atoms. The van der Waals surface area contributed by atoms with Crippen molar-refractivity contribution in [1.29, 1.82) is 0 Å². The molecule has 0 saturated carbocycles. The van der Waals surface area contributed by atoms with E-state index in [1.165, 1.54) is 12.1 Å². The zero-order chi connectivity index (χ0) is 24.3. The van der Waals surface area contributed by atoms with Crippen molar-refractivity contribution in [2.24, 2.45) is 0 Å². The molecule has 2 heterocycles. The van der Waals surface area contributed by atoms with E-state index >= 15 is 0 Å². The Kier molecular flexibility index (Phi) is 6.63. The van der Waals surface area contributed by atoms with Gasteiger partial charge in [0.25, 0.3) is 0 Å². The van der Waals surface area contributed by atoms with Crippen LogP contribution in [0.1, 0.15) is 41.8 Å². The topological polar surface area (TPSA) is 88.4 Å². The lowest BCUT2D eigenvalue weighted by Crippen LogP contribution is -2.04. The molecule has 0 aliphatic carbocycles. The van der Waals surface area contributed by atoms with E-state index in [0.29, 0.717) is 29.2 Å². The minimum absolute atomic E-state index is 0.139. The van der Waals surface area contributed by atoms with Crippen molar-refractivity contribution in [3.05, 3.63) is 71.2 Å². The van der Waals surface area contributed by atoms with E-state index in [2.05, 4.69) is 9.97 Å². The highest BCUT2D eigenvalue weighted by molar-refractivity contribution is 5.84. The number of nitrogens with one attached hydrogen (secondary N) is 1. The SMILES string of the molecule is Cc1oc(-c2ccc(C(F)(F)F)cc2)nc1COc1ccc2[nH]cc(CCCCC(=O)O)c2c1. The van der Waals surface area contributed by atoms with Crippen molar-refractivity contribution in [3.63, 3.8) is 0 Å². The van der Waals surface area contributed by atoms with Gasteiger partial charge in [0, 0.05) is 29.1 Å². The predicted octanol–water partition coefficient (Wildman–Crippen LogP) is 6.53. The van der Waals surface area contributed by atoms with E-state index in [-0.39, 0.29) is 18.9 Å². The maximum Gasteiger partial charge on any atom is 0.416 e. The Labute approximate surface area is 193 Å². The number of carboxylic acid groups (broad SMARTS) is 1. The smallest absolute Gasteiger partial charge is 0.416 e. The second-order valence-electron chi connectivity index (χ2n) is 8.01. The number of carboxylic acids is 1. The van der Waals surface area contributed by atoms with E-state index in [9.17, 15) is 18.0 Å². The van der Waals surface area contributed by atoms with Crippen LogP contribution in [0.25, 0.3) is 22.4 Å². The largest absolute Gasteiger partial charge is 0.487 e. The number of unbranched alkanes of at least 4 members (excludes halogenated alkanes) is 1. The summed E-state index contributed by atoms with van der Waals surface area (Å²) in [5.74, 6) is 0.600. The molecule has 9 heteroatoms. The molecular weight excluding hydrogens is 449 g/mol. The Hall–Kier alpha value is -3.75. The summed E-state index contributed by atoms with van der Waals surface area (Å²) >= 11 is 0. The molecule has 4 aromatic rings. The van der Waals surface area contributed by atoms with Crippen LogP contribution in [0.2, 0.25) is 0 Å². The molecule has 0 radical (unpaired) electrons. The third-order valence-corrected chi connectivity index (χ3v) is 5.55. The molecule has 2 aromatic carbocycles. The fraction of sp³-hybridized carbons (Fsp3) is 0.280. The molecule has 0 aliphatic rings. The number of nitrogens with zero attached hydrogens (tertiary/aromatic N) is 1. The van der Waals surface area contributed by atoms with Gasteiger partial charge in [0.2, 0.25) is 5.89 Å². The second kappa shape index (κ2) is 9.62. The number of carbonyl (C=O) groups is 1. The van der Waals surface area contributed by atoms with Gasteiger partial charge in [-0.3, -0.25) is 4.79 Å². The molecule has 178 valence electrons. The maximum atomic E-state index is 12.8. The molecule has 0 saturated heterocycles. The van der Waals surface area contributed by atoms with Crippen molar-refractivity contribution in [2.45, 2.75) is 45.4 Å². The van der Waals surface area contributed by atoms with Crippen molar-refractivity contribution >= 4 is 16.9 Å². The van der Waals surface area contributed by atoms with Crippen molar-refractivity contribution in [3.8, 4) is 17.2 Å². The Bertz CT molecular complexity index is 1290. The Balaban J connectivity index is 1.43.